The van der Waals surface area contributed by atoms with Gasteiger partial charge in [0.05, 0.1) is 0 Å². The number of amides is 1. The Bertz CT molecular complexity index is 170. The van der Waals surface area contributed by atoms with Crippen LogP contribution in [0.4, 0.5) is 0 Å². The predicted octanol–water partition coefficient (Wildman–Crippen LogP) is 1.13. The molecule has 1 atom stereocenters. The molecule has 0 aliphatic carbocycles. The van der Waals surface area contributed by atoms with Gasteiger partial charge in [-0.2, -0.15) is 0 Å². The number of hydrogen-bond donors (Lipinski definition) is 1. The maximum atomic E-state index is 11.5. The minimum absolute atomic E-state index is 0.302. The van der Waals surface area contributed by atoms with Crippen molar-refractivity contribution in [3.8, 4) is 0 Å². The quantitative estimate of drug-likeness (QED) is 0.699. The molecule has 0 aromatic carbocycles. The van der Waals surface area contributed by atoms with E-state index in [0.717, 1.165) is 38.8 Å². The van der Waals surface area contributed by atoms with Crippen LogP contribution in [-0.2, 0) is 4.79 Å². The van der Waals surface area contributed by atoms with Crippen molar-refractivity contribution in [1.82, 2.24) is 4.90 Å². The van der Waals surface area contributed by atoms with Crippen molar-refractivity contribution in [2.45, 2.75) is 45.1 Å². The molecule has 0 aromatic heterocycles. The fraction of sp³-hybridized carbons (Fsp3) is 0.900. The van der Waals surface area contributed by atoms with E-state index in [1.54, 1.807) is 0 Å². The minimum Gasteiger partial charge on any atom is -0.343 e. The Morgan fingerprint density at radius 2 is 2.23 bits per heavy atom. The van der Waals surface area contributed by atoms with Gasteiger partial charge in [0.15, 0.2) is 0 Å². The molecule has 1 saturated heterocycles. The summed E-state index contributed by atoms with van der Waals surface area (Å²) in [6.45, 7) is 3.81. The summed E-state index contributed by atoms with van der Waals surface area (Å²) in [5.41, 5.74) is 5.83. The van der Waals surface area contributed by atoms with Gasteiger partial charge in [-0.05, 0) is 25.7 Å². The second-order valence-corrected chi connectivity index (χ2v) is 3.82. The van der Waals surface area contributed by atoms with Crippen molar-refractivity contribution < 1.29 is 4.79 Å². The molecule has 13 heavy (non-hydrogen) atoms. The second kappa shape index (κ2) is 5.22. The molecule has 76 valence electrons. The number of nitrogens with two attached hydrogens (primary N) is 1. The number of hydrogen-bond acceptors (Lipinski definition) is 2. The van der Waals surface area contributed by atoms with Crippen LogP contribution in [0.25, 0.3) is 0 Å². The van der Waals surface area contributed by atoms with Crippen LogP contribution in [0.3, 0.4) is 0 Å². The highest BCUT2D eigenvalue weighted by molar-refractivity contribution is 5.76. The maximum absolute atomic E-state index is 11.5. The highest BCUT2D eigenvalue weighted by Crippen LogP contribution is 2.10. The van der Waals surface area contributed by atoms with Crippen LogP contribution in [0.1, 0.15) is 39.0 Å². The Morgan fingerprint density at radius 3 is 2.92 bits per heavy atom. The predicted molar refractivity (Wildman–Crippen MR) is 53.3 cm³/mol. The molecule has 0 bridgehead atoms. The summed E-state index contributed by atoms with van der Waals surface area (Å²) < 4.78 is 0. The highest BCUT2D eigenvalue weighted by atomic mass is 16.2. The lowest BCUT2D eigenvalue weighted by Crippen LogP contribution is -2.32. The molecule has 1 heterocycles. The molecule has 1 amide bonds. The average molecular weight is 184 g/mol. The zero-order valence-corrected chi connectivity index (χ0v) is 8.46. The summed E-state index contributed by atoms with van der Waals surface area (Å²) >= 11 is 0. The topological polar surface area (TPSA) is 46.3 Å². The molecular formula is C10H20N2O. The highest BCUT2D eigenvalue weighted by Gasteiger charge is 2.17. The van der Waals surface area contributed by atoms with Crippen molar-refractivity contribution in [1.29, 1.82) is 0 Å². The number of carbonyl (C=O) groups excluding carboxylic acids is 1. The molecule has 0 spiro atoms. The van der Waals surface area contributed by atoms with E-state index in [0.29, 0.717) is 18.4 Å². The molecule has 0 saturated carbocycles. The van der Waals surface area contributed by atoms with Gasteiger partial charge < -0.3 is 10.6 Å². The molecule has 1 aliphatic rings. The SMILES string of the molecule is CCCC(=O)N1CCCC(N)CC1. The van der Waals surface area contributed by atoms with Crippen molar-refractivity contribution in [2.75, 3.05) is 13.1 Å². The standard InChI is InChI=1S/C10H20N2O/c1-2-4-10(13)12-7-3-5-9(11)6-8-12/h9H,2-8,11H2,1H3. The summed E-state index contributed by atoms with van der Waals surface area (Å²) in [5, 5.41) is 0. The third-order valence-corrected chi connectivity index (χ3v) is 2.59. The van der Waals surface area contributed by atoms with Gasteiger partial charge in [-0.1, -0.05) is 6.92 Å². The molecule has 3 heteroatoms. The van der Waals surface area contributed by atoms with E-state index in [1.165, 1.54) is 0 Å². The van der Waals surface area contributed by atoms with Gasteiger partial charge in [0.1, 0.15) is 0 Å². The summed E-state index contributed by atoms with van der Waals surface area (Å²) in [7, 11) is 0. The molecule has 0 radical (unpaired) electrons. The van der Waals surface area contributed by atoms with Gasteiger partial charge in [0.25, 0.3) is 0 Å². The van der Waals surface area contributed by atoms with E-state index in [2.05, 4.69) is 0 Å². The van der Waals surface area contributed by atoms with E-state index < -0.39 is 0 Å². The van der Waals surface area contributed by atoms with E-state index >= 15 is 0 Å². The van der Waals surface area contributed by atoms with Crippen molar-refractivity contribution >= 4 is 5.91 Å². The van der Waals surface area contributed by atoms with Crippen LogP contribution >= 0.6 is 0 Å². The van der Waals surface area contributed by atoms with Gasteiger partial charge in [-0.3, -0.25) is 4.79 Å². The maximum Gasteiger partial charge on any atom is 0.222 e. The summed E-state index contributed by atoms with van der Waals surface area (Å²) in [5.74, 6) is 0.302. The van der Waals surface area contributed by atoms with E-state index in [-0.39, 0.29) is 0 Å². The lowest BCUT2D eigenvalue weighted by atomic mass is 10.1. The van der Waals surface area contributed by atoms with Gasteiger partial charge >= 0.3 is 0 Å². The first kappa shape index (κ1) is 10.5. The van der Waals surface area contributed by atoms with Crippen molar-refractivity contribution in [2.24, 2.45) is 5.73 Å². The number of rotatable bonds is 2. The molecule has 2 N–H and O–H groups in total. The lowest BCUT2D eigenvalue weighted by molar-refractivity contribution is -0.131. The van der Waals surface area contributed by atoms with Crippen LogP contribution in [-0.4, -0.2) is 29.9 Å². The van der Waals surface area contributed by atoms with Gasteiger partial charge in [-0.15, -0.1) is 0 Å². The monoisotopic (exact) mass is 184 g/mol. The largest absolute Gasteiger partial charge is 0.343 e. The van der Waals surface area contributed by atoms with Gasteiger partial charge in [0, 0.05) is 25.6 Å². The van der Waals surface area contributed by atoms with Crippen molar-refractivity contribution in [3.63, 3.8) is 0 Å². The third kappa shape index (κ3) is 3.35. The molecule has 0 aromatic rings. The number of carbonyl (C=O) groups is 1. The van der Waals surface area contributed by atoms with Crippen LogP contribution in [0.2, 0.25) is 0 Å². The molecule has 1 aliphatic heterocycles. The number of likely N-dealkylation sites (tertiary alicyclic amines) is 1. The fourth-order valence-electron chi connectivity index (χ4n) is 1.74. The molecular weight excluding hydrogens is 164 g/mol. The van der Waals surface area contributed by atoms with Gasteiger partial charge in [0.2, 0.25) is 5.91 Å². The smallest absolute Gasteiger partial charge is 0.222 e. The first-order valence-electron chi connectivity index (χ1n) is 5.27. The fourth-order valence-corrected chi connectivity index (χ4v) is 1.74. The Labute approximate surface area is 80.3 Å². The first-order valence-corrected chi connectivity index (χ1v) is 5.27. The first-order chi connectivity index (χ1) is 6.24. The molecule has 3 nitrogen and oxygen atoms in total. The van der Waals surface area contributed by atoms with E-state index in [1.807, 2.05) is 11.8 Å². The summed E-state index contributed by atoms with van der Waals surface area (Å²) in [4.78, 5) is 13.5. The molecule has 1 fully saturated rings. The normalized spacial score (nSPS) is 24.2. The average Bonchev–Trinajstić information content (AvgIpc) is 2.30. The van der Waals surface area contributed by atoms with E-state index in [4.69, 9.17) is 5.73 Å². The van der Waals surface area contributed by atoms with Crippen LogP contribution in [0.5, 0.6) is 0 Å². The Kier molecular flexibility index (Phi) is 4.22. The lowest BCUT2D eigenvalue weighted by Gasteiger charge is -2.19. The van der Waals surface area contributed by atoms with E-state index in [9.17, 15) is 4.79 Å². The Morgan fingerprint density at radius 1 is 1.46 bits per heavy atom. The zero-order valence-electron chi connectivity index (χ0n) is 8.46. The van der Waals surface area contributed by atoms with Crippen LogP contribution < -0.4 is 5.73 Å². The third-order valence-electron chi connectivity index (χ3n) is 2.59. The zero-order chi connectivity index (χ0) is 9.68. The van der Waals surface area contributed by atoms with Crippen LogP contribution in [0, 0.1) is 0 Å². The van der Waals surface area contributed by atoms with Crippen molar-refractivity contribution in [3.05, 3.63) is 0 Å². The van der Waals surface area contributed by atoms with Gasteiger partial charge in [-0.25, -0.2) is 0 Å². The Hall–Kier alpha value is -0.570. The minimum atomic E-state index is 0.302. The second-order valence-electron chi connectivity index (χ2n) is 3.82. The molecule has 1 rings (SSSR count). The number of nitrogens with zero attached hydrogens (tertiary/aromatic N) is 1. The summed E-state index contributed by atoms with van der Waals surface area (Å²) in [6.07, 6.45) is 4.73. The summed E-state index contributed by atoms with van der Waals surface area (Å²) in [6, 6.07) is 0.305. The molecule has 1 unspecified atom stereocenters. The van der Waals surface area contributed by atoms with Crippen LogP contribution in [0.15, 0.2) is 0 Å². The Balaban J connectivity index is 2.37.